The van der Waals surface area contributed by atoms with E-state index in [1.807, 2.05) is 44.2 Å². The van der Waals surface area contributed by atoms with Crippen LogP contribution in [0.5, 0.6) is 0 Å². The van der Waals surface area contributed by atoms with Crippen LogP contribution in [0.2, 0.25) is 5.02 Å². The minimum atomic E-state index is -3.56. The Morgan fingerprint density at radius 2 is 1.74 bits per heavy atom. The third-order valence-corrected chi connectivity index (χ3v) is 7.04. The molecule has 0 aliphatic carbocycles. The molecule has 0 fully saturated rings. The number of rotatable bonds is 12. The number of hydrogen-bond acceptors (Lipinski definition) is 4. The number of carbonyl (C=O) groups excluding carboxylic acids is 2. The van der Waals surface area contributed by atoms with Crippen LogP contribution in [-0.2, 0) is 26.2 Å². The maximum absolute atomic E-state index is 13.2. The summed E-state index contributed by atoms with van der Waals surface area (Å²) in [4.78, 5) is 27.6. The number of anilines is 1. The first-order chi connectivity index (χ1) is 16.0. The first-order valence-corrected chi connectivity index (χ1v) is 13.6. The predicted molar refractivity (Wildman–Crippen MR) is 137 cm³/mol. The molecule has 0 saturated carbocycles. The van der Waals surface area contributed by atoms with E-state index in [2.05, 4.69) is 5.32 Å². The van der Waals surface area contributed by atoms with E-state index in [4.69, 9.17) is 11.6 Å². The summed E-state index contributed by atoms with van der Waals surface area (Å²) >= 11 is 6.03. The van der Waals surface area contributed by atoms with Gasteiger partial charge < -0.3 is 10.2 Å². The molecule has 2 aromatic carbocycles. The fourth-order valence-electron chi connectivity index (χ4n) is 3.46. The summed E-state index contributed by atoms with van der Waals surface area (Å²) in [5.41, 5.74) is 1.36. The molecule has 9 heteroatoms. The van der Waals surface area contributed by atoms with Crippen molar-refractivity contribution in [2.24, 2.45) is 0 Å². The molecule has 2 aromatic rings. The lowest BCUT2D eigenvalue weighted by molar-refractivity contribution is -0.140. The van der Waals surface area contributed by atoms with Crippen molar-refractivity contribution < 1.29 is 18.0 Å². The minimum Gasteiger partial charge on any atom is -0.352 e. The van der Waals surface area contributed by atoms with Gasteiger partial charge in [0, 0.05) is 30.6 Å². The van der Waals surface area contributed by atoms with Gasteiger partial charge in [-0.25, -0.2) is 8.42 Å². The van der Waals surface area contributed by atoms with Gasteiger partial charge in [0.05, 0.1) is 11.9 Å². The van der Waals surface area contributed by atoms with Gasteiger partial charge in [0.15, 0.2) is 0 Å². The molecule has 0 unspecified atom stereocenters. The molecule has 0 aromatic heterocycles. The van der Waals surface area contributed by atoms with Crippen molar-refractivity contribution in [1.29, 1.82) is 0 Å². The van der Waals surface area contributed by atoms with Crippen LogP contribution < -0.4 is 9.62 Å². The SMILES string of the molecule is CC[C@@H](C)NC(=O)[C@@H](C)N(Cc1ccccc1)C(=O)CCCN(c1cccc(Cl)c1)S(C)(=O)=O. The summed E-state index contributed by atoms with van der Waals surface area (Å²) in [6.45, 7) is 6.03. The number of halogens is 1. The Morgan fingerprint density at radius 3 is 2.32 bits per heavy atom. The third-order valence-electron chi connectivity index (χ3n) is 5.61. The fraction of sp³-hybridized carbons (Fsp3) is 0.440. The first kappa shape index (κ1) is 27.7. The molecule has 0 aliphatic rings. The number of hydrogen-bond donors (Lipinski definition) is 1. The van der Waals surface area contributed by atoms with E-state index in [1.54, 1.807) is 36.1 Å². The summed E-state index contributed by atoms with van der Waals surface area (Å²) in [7, 11) is -3.56. The van der Waals surface area contributed by atoms with Gasteiger partial charge in [0.2, 0.25) is 21.8 Å². The molecule has 0 bridgehead atoms. The van der Waals surface area contributed by atoms with Crippen LogP contribution in [-0.4, -0.2) is 50.0 Å². The lowest BCUT2D eigenvalue weighted by Gasteiger charge is -2.30. The van der Waals surface area contributed by atoms with Crippen molar-refractivity contribution in [2.45, 2.75) is 58.7 Å². The van der Waals surface area contributed by atoms with E-state index in [1.165, 1.54) is 4.31 Å². The minimum absolute atomic E-state index is 0.00430. The van der Waals surface area contributed by atoms with Crippen LogP contribution in [0.15, 0.2) is 54.6 Å². The molecule has 0 heterocycles. The molecule has 7 nitrogen and oxygen atoms in total. The van der Waals surface area contributed by atoms with Gasteiger partial charge in [-0.15, -0.1) is 0 Å². The smallest absolute Gasteiger partial charge is 0.242 e. The standard InChI is InChI=1S/C25H34ClN3O4S/c1-5-19(2)27-25(31)20(3)28(18-21-11-7-6-8-12-21)24(30)15-10-16-29(34(4,32)33)23-14-9-13-22(26)17-23/h6-9,11-14,17,19-20H,5,10,15-16,18H2,1-4H3,(H,27,31)/t19-,20-/m1/s1. The van der Waals surface area contributed by atoms with E-state index < -0.39 is 16.1 Å². The molecule has 34 heavy (non-hydrogen) atoms. The van der Waals surface area contributed by atoms with Crippen molar-refractivity contribution in [2.75, 3.05) is 17.1 Å². The monoisotopic (exact) mass is 507 g/mol. The Hall–Kier alpha value is -2.58. The topological polar surface area (TPSA) is 86.8 Å². The van der Waals surface area contributed by atoms with Crippen LogP contribution in [0.25, 0.3) is 0 Å². The van der Waals surface area contributed by atoms with Gasteiger partial charge in [-0.05, 0) is 50.5 Å². The van der Waals surface area contributed by atoms with Gasteiger partial charge in [0.1, 0.15) is 6.04 Å². The maximum atomic E-state index is 13.2. The van der Waals surface area contributed by atoms with E-state index >= 15 is 0 Å². The number of benzene rings is 2. The Labute approximate surface area is 208 Å². The zero-order chi connectivity index (χ0) is 25.3. The van der Waals surface area contributed by atoms with Gasteiger partial charge >= 0.3 is 0 Å². The molecule has 0 radical (unpaired) electrons. The van der Waals surface area contributed by atoms with Crippen molar-refractivity contribution in [3.05, 3.63) is 65.2 Å². The maximum Gasteiger partial charge on any atom is 0.242 e. The largest absolute Gasteiger partial charge is 0.352 e. The van der Waals surface area contributed by atoms with Crippen LogP contribution >= 0.6 is 11.6 Å². The number of amides is 2. The van der Waals surface area contributed by atoms with Crippen molar-refractivity contribution in [3.8, 4) is 0 Å². The van der Waals surface area contributed by atoms with Crippen LogP contribution in [0.3, 0.4) is 0 Å². The Balaban J connectivity index is 2.14. The number of nitrogens with zero attached hydrogens (tertiary/aromatic N) is 2. The lowest BCUT2D eigenvalue weighted by Crippen LogP contribution is -2.49. The molecular weight excluding hydrogens is 474 g/mol. The van der Waals surface area contributed by atoms with E-state index in [-0.39, 0.29) is 30.8 Å². The molecule has 0 saturated heterocycles. The zero-order valence-corrected chi connectivity index (χ0v) is 21.8. The quantitative estimate of drug-likeness (QED) is 0.466. The molecule has 2 rings (SSSR count). The summed E-state index contributed by atoms with van der Waals surface area (Å²) in [5.74, 6) is -0.425. The Bertz CT molecular complexity index is 1060. The number of sulfonamides is 1. The highest BCUT2D eigenvalue weighted by Crippen LogP contribution is 2.22. The number of nitrogens with one attached hydrogen (secondary N) is 1. The molecule has 2 amide bonds. The average molecular weight is 508 g/mol. The van der Waals surface area contributed by atoms with Crippen LogP contribution in [0.1, 0.15) is 45.6 Å². The van der Waals surface area contributed by atoms with Gasteiger partial charge in [-0.2, -0.15) is 0 Å². The second-order valence-electron chi connectivity index (χ2n) is 8.42. The highest BCUT2D eigenvalue weighted by atomic mass is 35.5. The molecule has 2 atom stereocenters. The van der Waals surface area contributed by atoms with Crippen LogP contribution in [0.4, 0.5) is 5.69 Å². The lowest BCUT2D eigenvalue weighted by atomic mass is 10.1. The second kappa shape index (κ2) is 12.8. The third kappa shape index (κ3) is 8.33. The van der Waals surface area contributed by atoms with E-state index in [0.29, 0.717) is 23.7 Å². The second-order valence-corrected chi connectivity index (χ2v) is 10.8. The predicted octanol–water partition coefficient (Wildman–Crippen LogP) is 4.22. The molecule has 1 N–H and O–H groups in total. The van der Waals surface area contributed by atoms with Gasteiger partial charge in [0.25, 0.3) is 0 Å². The first-order valence-electron chi connectivity index (χ1n) is 11.4. The normalized spacial score (nSPS) is 13.1. The van der Waals surface area contributed by atoms with Crippen molar-refractivity contribution >= 4 is 39.1 Å². The summed E-state index contributed by atoms with van der Waals surface area (Å²) < 4.78 is 26.0. The van der Waals surface area contributed by atoms with Crippen molar-refractivity contribution in [1.82, 2.24) is 10.2 Å². The Morgan fingerprint density at radius 1 is 1.06 bits per heavy atom. The summed E-state index contributed by atoms with van der Waals surface area (Å²) in [6.07, 6.45) is 2.30. The van der Waals surface area contributed by atoms with Crippen molar-refractivity contribution in [3.63, 3.8) is 0 Å². The molecule has 186 valence electrons. The Kier molecular flexibility index (Phi) is 10.4. The summed E-state index contributed by atoms with van der Waals surface area (Å²) in [6, 6.07) is 15.4. The van der Waals surface area contributed by atoms with Gasteiger partial charge in [-0.3, -0.25) is 13.9 Å². The zero-order valence-electron chi connectivity index (χ0n) is 20.2. The molecule has 0 spiro atoms. The highest BCUT2D eigenvalue weighted by molar-refractivity contribution is 7.92. The number of carbonyl (C=O) groups is 2. The molecule has 0 aliphatic heterocycles. The van der Waals surface area contributed by atoms with E-state index in [9.17, 15) is 18.0 Å². The van der Waals surface area contributed by atoms with E-state index in [0.717, 1.165) is 18.2 Å². The molecular formula is C25H34ClN3O4S. The average Bonchev–Trinajstić information content (AvgIpc) is 2.79. The van der Waals surface area contributed by atoms with Gasteiger partial charge in [-0.1, -0.05) is 54.9 Å². The fourth-order valence-corrected chi connectivity index (χ4v) is 4.61. The summed E-state index contributed by atoms with van der Waals surface area (Å²) in [5, 5.41) is 3.37. The highest BCUT2D eigenvalue weighted by Gasteiger charge is 2.27. The van der Waals surface area contributed by atoms with Crippen LogP contribution in [0, 0.1) is 0 Å².